The number of carbonyl (C=O) groups excluding carboxylic acids is 1. The fraction of sp³-hybridized carbons (Fsp3) is 0.400. The zero-order valence-electron chi connectivity index (χ0n) is 5.21. The Morgan fingerprint density at radius 3 is 2.70 bits per heavy atom. The summed E-state index contributed by atoms with van der Waals surface area (Å²) in [7, 11) is 0. The maximum Gasteiger partial charge on any atom is 0.404 e. The number of aliphatic hydroxyl groups is 1. The minimum atomic E-state index is -0.993. The molecule has 3 N–H and O–H groups in total. The van der Waals surface area contributed by atoms with Gasteiger partial charge in [0.05, 0.1) is 12.9 Å². The van der Waals surface area contributed by atoms with E-state index in [0.29, 0.717) is 0 Å². The molecule has 0 unspecified atom stereocenters. The summed E-state index contributed by atoms with van der Waals surface area (Å²) in [6, 6.07) is 0. The Kier molecular flexibility index (Phi) is 4.23. The molecule has 0 aromatic carbocycles. The molecule has 1 amide bonds. The molecule has 0 radical (unpaired) electrons. The Bertz CT molecular complexity index is 146. The third-order valence-corrected chi connectivity index (χ3v) is 0.757. The zero-order chi connectivity index (χ0) is 7.98. The number of hydrogen-bond donors (Lipinski definition) is 2. The van der Waals surface area contributed by atoms with Gasteiger partial charge in [0.15, 0.2) is 0 Å². The van der Waals surface area contributed by atoms with Gasteiger partial charge in [-0.05, 0) is 0 Å². The second-order valence-electron chi connectivity index (χ2n) is 1.53. The fourth-order valence-electron chi connectivity index (χ4n) is 0.275. The largest absolute Gasteiger partial charge is 0.445 e. The first-order chi connectivity index (χ1) is 4.70. The van der Waals surface area contributed by atoms with E-state index < -0.39 is 12.7 Å². The molecule has 0 saturated heterocycles. The maximum atomic E-state index is 11.6. The van der Waals surface area contributed by atoms with Gasteiger partial charge in [0.25, 0.3) is 0 Å². The van der Waals surface area contributed by atoms with Crippen LogP contribution in [0.5, 0.6) is 0 Å². The highest BCUT2D eigenvalue weighted by Gasteiger charge is 1.98. The summed E-state index contributed by atoms with van der Waals surface area (Å²) < 4.78 is 15.7. The summed E-state index contributed by atoms with van der Waals surface area (Å²) in [5.41, 5.74) is 4.53. The van der Waals surface area contributed by atoms with E-state index in [0.717, 1.165) is 0 Å². The van der Waals surface area contributed by atoms with Gasteiger partial charge in [-0.2, -0.15) is 0 Å². The predicted octanol–water partition coefficient (Wildman–Crippen LogP) is -0.0726. The van der Waals surface area contributed by atoms with Crippen LogP contribution in [0.15, 0.2) is 11.9 Å². The molecule has 0 fully saturated rings. The molecule has 0 aliphatic rings. The van der Waals surface area contributed by atoms with E-state index >= 15 is 0 Å². The second kappa shape index (κ2) is 4.75. The lowest BCUT2D eigenvalue weighted by Gasteiger charge is -2.00. The van der Waals surface area contributed by atoms with Crippen molar-refractivity contribution in [3.8, 4) is 0 Å². The van der Waals surface area contributed by atoms with Gasteiger partial charge in [-0.25, -0.2) is 9.18 Å². The minimum absolute atomic E-state index is 0.0289. The molecule has 4 nitrogen and oxygen atoms in total. The Balaban J connectivity index is 3.56. The van der Waals surface area contributed by atoms with E-state index in [9.17, 15) is 9.18 Å². The van der Waals surface area contributed by atoms with Crippen molar-refractivity contribution in [2.45, 2.75) is 0 Å². The topological polar surface area (TPSA) is 72.6 Å². The third-order valence-electron chi connectivity index (χ3n) is 0.757. The summed E-state index contributed by atoms with van der Waals surface area (Å²) in [5.74, 6) is 0. The van der Waals surface area contributed by atoms with Gasteiger partial charge in [0.1, 0.15) is 6.61 Å². The van der Waals surface area contributed by atoms with Crippen molar-refractivity contribution in [3.63, 3.8) is 0 Å². The zero-order valence-corrected chi connectivity index (χ0v) is 5.21. The first-order valence-electron chi connectivity index (χ1n) is 2.52. The number of amides is 1. The molecule has 10 heavy (non-hydrogen) atoms. The third kappa shape index (κ3) is 3.85. The molecule has 0 atom stereocenters. The number of ether oxygens (including phenoxy) is 1. The Morgan fingerprint density at radius 1 is 1.80 bits per heavy atom. The van der Waals surface area contributed by atoms with Crippen LogP contribution in [0.4, 0.5) is 9.18 Å². The van der Waals surface area contributed by atoms with Crippen LogP contribution in [-0.4, -0.2) is 24.4 Å². The summed E-state index contributed by atoms with van der Waals surface area (Å²) in [5, 5.41) is 8.30. The van der Waals surface area contributed by atoms with E-state index in [1.54, 1.807) is 0 Å². The number of aliphatic hydroxyl groups excluding tert-OH is 1. The second-order valence-corrected chi connectivity index (χ2v) is 1.53. The Labute approximate surface area is 57.1 Å². The molecule has 0 aliphatic heterocycles. The van der Waals surface area contributed by atoms with Crippen LogP contribution in [-0.2, 0) is 4.74 Å². The van der Waals surface area contributed by atoms with Crippen molar-refractivity contribution in [3.05, 3.63) is 11.9 Å². The average molecular weight is 149 g/mol. The molecule has 5 heteroatoms. The Hall–Kier alpha value is -1.10. The maximum absolute atomic E-state index is 11.6. The van der Waals surface area contributed by atoms with Crippen LogP contribution in [0.25, 0.3) is 0 Å². The van der Waals surface area contributed by atoms with E-state index in [4.69, 9.17) is 5.11 Å². The average Bonchev–Trinajstić information content (AvgIpc) is 1.90. The van der Waals surface area contributed by atoms with E-state index in [-0.39, 0.29) is 18.5 Å². The lowest BCUT2D eigenvalue weighted by molar-refractivity contribution is 0.161. The van der Waals surface area contributed by atoms with Crippen LogP contribution in [0.3, 0.4) is 0 Å². The fourth-order valence-corrected chi connectivity index (χ4v) is 0.275. The van der Waals surface area contributed by atoms with Gasteiger partial charge in [-0.15, -0.1) is 0 Å². The molecule has 0 aliphatic carbocycles. The number of carbonyl (C=O) groups is 1. The molecule has 0 aromatic heterocycles. The van der Waals surface area contributed by atoms with Crippen LogP contribution >= 0.6 is 0 Å². The van der Waals surface area contributed by atoms with Gasteiger partial charge >= 0.3 is 6.09 Å². The summed E-state index contributed by atoms with van der Waals surface area (Å²) in [4.78, 5) is 9.90. The predicted molar refractivity (Wildman–Crippen MR) is 31.8 cm³/mol. The van der Waals surface area contributed by atoms with E-state index in [2.05, 4.69) is 10.5 Å². The molecule has 58 valence electrons. The molecule has 0 aromatic rings. The SMILES string of the molecule is NC(=O)OC/C(=C\F)CO. The van der Waals surface area contributed by atoms with Crippen LogP contribution in [0.2, 0.25) is 0 Å². The molecular weight excluding hydrogens is 141 g/mol. The number of primary amides is 1. The van der Waals surface area contributed by atoms with Crippen LogP contribution in [0, 0.1) is 0 Å². The van der Waals surface area contributed by atoms with Crippen LogP contribution in [0.1, 0.15) is 0 Å². The van der Waals surface area contributed by atoms with Crippen molar-refractivity contribution < 1.29 is 19.0 Å². The quantitative estimate of drug-likeness (QED) is 0.589. The molecule has 0 rings (SSSR count). The van der Waals surface area contributed by atoms with Gasteiger partial charge in [0, 0.05) is 5.57 Å². The lowest BCUT2D eigenvalue weighted by atomic mass is 10.3. The highest BCUT2D eigenvalue weighted by atomic mass is 19.1. The van der Waals surface area contributed by atoms with Crippen molar-refractivity contribution in [1.82, 2.24) is 0 Å². The molecule has 0 spiro atoms. The standard InChI is InChI=1S/C5H8FNO3/c6-1-4(2-8)3-10-5(7)9/h1,8H,2-3H2,(H2,7,9)/b4-1-. The van der Waals surface area contributed by atoms with Crippen LogP contribution < -0.4 is 5.73 Å². The summed E-state index contributed by atoms with van der Waals surface area (Å²) >= 11 is 0. The van der Waals surface area contributed by atoms with Crippen molar-refractivity contribution >= 4 is 6.09 Å². The highest BCUT2D eigenvalue weighted by Crippen LogP contribution is 1.93. The molecule has 0 saturated carbocycles. The highest BCUT2D eigenvalue weighted by molar-refractivity contribution is 5.64. The molecule has 0 heterocycles. The number of rotatable bonds is 3. The summed E-state index contributed by atoms with van der Waals surface area (Å²) in [6.07, 6.45) is -0.823. The molecule has 0 bridgehead atoms. The minimum Gasteiger partial charge on any atom is -0.445 e. The van der Waals surface area contributed by atoms with Crippen molar-refractivity contribution in [2.75, 3.05) is 13.2 Å². The van der Waals surface area contributed by atoms with Gasteiger partial charge < -0.3 is 15.6 Å². The number of nitrogens with two attached hydrogens (primary N) is 1. The normalized spacial score (nSPS) is 11.2. The molecular formula is C5H8FNO3. The monoisotopic (exact) mass is 149 g/mol. The first-order valence-corrected chi connectivity index (χ1v) is 2.52. The first kappa shape index (κ1) is 8.90. The van der Waals surface area contributed by atoms with Gasteiger partial charge in [0.2, 0.25) is 0 Å². The lowest BCUT2D eigenvalue weighted by Crippen LogP contribution is -2.15. The number of hydrogen-bond acceptors (Lipinski definition) is 3. The van der Waals surface area contributed by atoms with Crippen molar-refractivity contribution in [1.29, 1.82) is 0 Å². The Morgan fingerprint density at radius 2 is 2.40 bits per heavy atom. The van der Waals surface area contributed by atoms with Crippen molar-refractivity contribution in [2.24, 2.45) is 5.73 Å². The number of halogens is 1. The summed E-state index contributed by atoms with van der Waals surface area (Å²) in [6.45, 7) is -0.786. The van der Waals surface area contributed by atoms with Gasteiger partial charge in [-0.1, -0.05) is 0 Å². The van der Waals surface area contributed by atoms with E-state index in [1.165, 1.54) is 0 Å². The van der Waals surface area contributed by atoms with Gasteiger partial charge in [-0.3, -0.25) is 0 Å². The van der Waals surface area contributed by atoms with E-state index in [1.807, 2.05) is 0 Å². The smallest absolute Gasteiger partial charge is 0.404 e.